The van der Waals surface area contributed by atoms with Gasteiger partial charge in [0.25, 0.3) is 5.56 Å². The fourth-order valence-corrected chi connectivity index (χ4v) is 4.79. The molecule has 10 heteroatoms. The summed E-state index contributed by atoms with van der Waals surface area (Å²) in [6.07, 6.45) is 3.54. The van der Waals surface area contributed by atoms with Gasteiger partial charge in [0.2, 0.25) is 5.95 Å². The molecule has 0 unspecified atom stereocenters. The van der Waals surface area contributed by atoms with Crippen molar-refractivity contribution in [3.05, 3.63) is 40.8 Å². The second kappa shape index (κ2) is 10.3. The number of carboxylic acid groups (broad SMARTS) is 1. The van der Waals surface area contributed by atoms with Crippen LogP contribution >= 0.6 is 0 Å². The van der Waals surface area contributed by atoms with Crippen LogP contribution in [0.2, 0.25) is 0 Å². The number of piperidine rings is 1. The fourth-order valence-electron chi connectivity index (χ4n) is 4.79. The van der Waals surface area contributed by atoms with E-state index in [1.54, 1.807) is 6.20 Å². The normalized spacial score (nSPS) is 14.6. The first kappa shape index (κ1) is 24.4. The summed E-state index contributed by atoms with van der Waals surface area (Å²) in [5.41, 5.74) is 2.02. The lowest BCUT2D eigenvalue weighted by Crippen LogP contribution is -2.38. The van der Waals surface area contributed by atoms with Crippen molar-refractivity contribution in [2.45, 2.75) is 59.0 Å². The summed E-state index contributed by atoms with van der Waals surface area (Å²) in [5, 5.41) is 19.1. The first-order valence-corrected chi connectivity index (χ1v) is 12.1. The lowest BCUT2D eigenvalue weighted by Gasteiger charge is -2.33. The summed E-state index contributed by atoms with van der Waals surface area (Å²) in [4.78, 5) is 37.3. The summed E-state index contributed by atoms with van der Waals surface area (Å²) >= 11 is 0. The Morgan fingerprint density at radius 1 is 1.14 bits per heavy atom. The molecule has 0 atom stereocenters. The van der Waals surface area contributed by atoms with Crippen molar-refractivity contribution in [3.63, 3.8) is 0 Å². The Hall–Kier alpha value is -3.69. The molecule has 3 heterocycles. The maximum Gasteiger partial charge on any atom is 0.303 e. The molecule has 2 aromatic heterocycles. The predicted octanol–water partition coefficient (Wildman–Crippen LogP) is 3.77. The maximum absolute atomic E-state index is 12.6. The zero-order valence-electron chi connectivity index (χ0n) is 20.7. The van der Waals surface area contributed by atoms with Crippen LogP contribution in [0.1, 0.15) is 47.0 Å². The smallest absolute Gasteiger partial charge is 0.303 e. The molecule has 3 N–H and O–H groups in total. The third-order valence-corrected chi connectivity index (χ3v) is 6.42. The van der Waals surface area contributed by atoms with Gasteiger partial charge in [-0.05, 0) is 70.7 Å². The molecule has 3 aromatic rings. The number of aromatic amines is 1. The van der Waals surface area contributed by atoms with Crippen molar-refractivity contribution in [1.29, 1.82) is 0 Å². The molecule has 10 nitrogen and oxygen atoms in total. The number of nitrogens with one attached hydrogen (secondary N) is 2. The van der Waals surface area contributed by atoms with E-state index in [0.717, 1.165) is 37.3 Å². The number of H-pyrrole nitrogens is 1. The quantitative estimate of drug-likeness (QED) is 0.442. The summed E-state index contributed by atoms with van der Waals surface area (Å²) in [6.45, 7) is 10.0. The monoisotopic (exact) mass is 479 g/mol. The molecule has 4 rings (SSSR count). The second-order valence-corrected chi connectivity index (χ2v) is 9.63. The van der Waals surface area contributed by atoms with Gasteiger partial charge in [-0.2, -0.15) is 10.1 Å². The van der Waals surface area contributed by atoms with Crippen LogP contribution in [0.3, 0.4) is 0 Å². The maximum atomic E-state index is 12.6. The van der Waals surface area contributed by atoms with E-state index in [0.29, 0.717) is 22.7 Å². The van der Waals surface area contributed by atoms with Crippen molar-refractivity contribution in [2.75, 3.05) is 28.2 Å². The van der Waals surface area contributed by atoms with Gasteiger partial charge in [0.1, 0.15) is 16.7 Å². The minimum absolute atomic E-state index is 0.175. The fraction of sp³-hybridized carbons (Fsp3) is 0.480. The molecule has 0 amide bonds. The number of aromatic nitrogens is 4. The third-order valence-electron chi connectivity index (χ3n) is 6.42. The molecule has 1 aliphatic rings. The highest BCUT2D eigenvalue weighted by Gasteiger charge is 2.22. The Morgan fingerprint density at radius 3 is 2.40 bits per heavy atom. The molecule has 1 fully saturated rings. The standard InChI is InChI=1S/C25H33N7O3/c1-15(2)32(16(3)4)25-28-20-14-26-30-24(35)22(20)23(29-25)27-18-5-7-19(8-6-18)31-11-9-17(10-12-31)13-21(33)34/h5-8,14-17H,9-13H2,1-4H3,(H,30,35)(H,33,34)(H,27,28,29). The number of rotatable bonds is 8. The Kier molecular flexibility index (Phi) is 7.18. The number of fused-ring (bicyclic) bond motifs is 1. The van der Waals surface area contributed by atoms with Gasteiger partial charge in [0.05, 0.1) is 6.20 Å². The van der Waals surface area contributed by atoms with Crippen LogP contribution in [0.15, 0.2) is 35.3 Å². The molecule has 0 saturated carbocycles. The van der Waals surface area contributed by atoms with E-state index in [2.05, 4.69) is 58.0 Å². The van der Waals surface area contributed by atoms with Crippen molar-refractivity contribution >= 4 is 40.0 Å². The van der Waals surface area contributed by atoms with E-state index in [4.69, 9.17) is 10.1 Å². The molecule has 1 aromatic carbocycles. The van der Waals surface area contributed by atoms with Crippen LogP contribution in [0.5, 0.6) is 0 Å². The molecular formula is C25H33N7O3. The number of aliphatic carboxylic acids is 1. The van der Waals surface area contributed by atoms with Crippen LogP contribution in [0.4, 0.5) is 23.1 Å². The SMILES string of the molecule is CC(C)N(c1nc(Nc2ccc(N3CCC(CC(=O)O)CC3)cc2)c2c(=O)[nH]ncc2n1)C(C)C. The van der Waals surface area contributed by atoms with Crippen LogP contribution in [0, 0.1) is 5.92 Å². The van der Waals surface area contributed by atoms with Gasteiger partial charge < -0.3 is 20.2 Å². The Balaban J connectivity index is 1.58. The third kappa shape index (κ3) is 5.52. The molecule has 35 heavy (non-hydrogen) atoms. The highest BCUT2D eigenvalue weighted by atomic mass is 16.4. The summed E-state index contributed by atoms with van der Waals surface area (Å²) in [5.74, 6) is 0.494. The first-order chi connectivity index (χ1) is 16.7. The molecular weight excluding hydrogens is 446 g/mol. The molecule has 0 radical (unpaired) electrons. The van der Waals surface area contributed by atoms with Crippen LogP contribution < -0.4 is 20.7 Å². The lowest BCUT2D eigenvalue weighted by atomic mass is 9.93. The largest absolute Gasteiger partial charge is 0.481 e. The van der Waals surface area contributed by atoms with Crippen molar-refractivity contribution in [2.24, 2.45) is 5.92 Å². The summed E-state index contributed by atoms with van der Waals surface area (Å²) < 4.78 is 0. The van der Waals surface area contributed by atoms with Crippen LogP contribution in [-0.4, -0.2) is 56.4 Å². The molecule has 1 saturated heterocycles. The number of hydrogen-bond donors (Lipinski definition) is 3. The van der Waals surface area contributed by atoms with E-state index < -0.39 is 5.97 Å². The van der Waals surface area contributed by atoms with Crippen molar-refractivity contribution < 1.29 is 9.90 Å². The average molecular weight is 480 g/mol. The number of benzene rings is 1. The molecule has 1 aliphatic heterocycles. The molecule has 0 aliphatic carbocycles. The van der Waals surface area contributed by atoms with Gasteiger partial charge in [-0.3, -0.25) is 9.59 Å². The Labute approximate surface area is 204 Å². The topological polar surface area (TPSA) is 127 Å². The van der Waals surface area contributed by atoms with Crippen LogP contribution in [0.25, 0.3) is 10.9 Å². The second-order valence-electron chi connectivity index (χ2n) is 9.63. The zero-order valence-corrected chi connectivity index (χ0v) is 20.7. The van der Waals surface area contributed by atoms with Gasteiger partial charge in [-0.1, -0.05) is 0 Å². The number of carbonyl (C=O) groups is 1. The summed E-state index contributed by atoms with van der Waals surface area (Å²) in [7, 11) is 0. The lowest BCUT2D eigenvalue weighted by molar-refractivity contribution is -0.138. The number of carboxylic acids is 1. The van der Waals surface area contributed by atoms with E-state index in [1.165, 1.54) is 0 Å². The predicted molar refractivity (Wildman–Crippen MR) is 138 cm³/mol. The average Bonchev–Trinajstić information content (AvgIpc) is 2.79. The van der Waals surface area contributed by atoms with E-state index in [-0.39, 0.29) is 30.0 Å². The Bertz CT molecular complexity index is 1220. The number of anilines is 4. The molecule has 0 bridgehead atoms. The molecule has 186 valence electrons. The van der Waals surface area contributed by atoms with Gasteiger partial charge in [0.15, 0.2) is 0 Å². The Morgan fingerprint density at radius 2 is 1.80 bits per heavy atom. The highest BCUT2D eigenvalue weighted by molar-refractivity contribution is 5.90. The summed E-state index contributed by atoms with van der Waals surface area (Å²) in [6, 6.07) is 8.34. The molecule has 0 spiro atoms. The van der Waals surface area contributed by atoms with Gasteiger partial charge in [-0.15, -0.1) is 0 Å². The van der Waals surface area contributed by atoms with E-state index in [9.17, 15) is 9.59 Å². The zero-order chi connectivity index (χ0) is 25.1. The van der Waals surface area contributed by atoms with E-state index >= 15 is 0 Å². The van der Waals surface area contributed by atoms with Gasteiger partial charge in [0, 0.05) is 43.0 Å². The van der Waals surface area contributed by atoms with Crippen LogP contribution in [-0.2, 0) is 4.79 Å². The number of hydrogen-bond acceptors (Lipinski definition) is 8. The minimum Gasteiger partial charge on any atom is -0.481 e. The van der Waals surface area contributed by atoms with Crippen molar-refractivity contribution in [1.82, 2.24) is 20.2 Å². The van der Waals surface area contributed by atoms with Gasteiger partial charge >= 0.3 is 5.97 Å². The van der Waals surface area contributed by atoms with Gasteiger partial charge in [-0.25, -0.2) is 10.1 Å². The van der Waals surface area contributed by atoms with E-state index in [1.807, 2.05) is 24.3 Å². The minimum atomic E-state index is -0.723. The number of nitrogens with zero attached hydrogens (tertiary/aromatic N) is 5. The van der Waals surface area contributed by atoms with Crippen molar-refractivity contribution in [3.8, 4) is 0 Å². The first-order valence-electron chi connectivity index (χ1n) is 12.1. The highest BCUT2D eigenvalue weighted by Crippen LogP contribution is 2.29.